The van der Waals surface area contributed by atoms with E-state index in [0.29, 0.717) is 11.4 Å². The number of aromatic nitrogens is 2. The standard InChI is InChI=1S/C23H20N6O4/c24-20(23(32)29-33)19(21(30)27-15-9-13-5-1-3-7-17(13)25-11-15)22(31)28-16-10-14-6-2-4-8-18(14)26-12-16/h1-12,19-20,33H,24H2,(H,27,30)(H,28,31)(H,29,32). The molecule has 166 valence electrons. The van der Waals surface area contributed by atoms with Gasteiger partial charge < -0.3 is 16.4 Å². The highest BCUT2D eigenvalue weighted by Gasteiger charge is 2.37. The molecular weight excluding hydrogens is 424 g/mol. The Labute approximate surface area is 187 Å². The number of fused-ring (bicyclic) bond motifs is 2. The zero-order valence-corrected chi connectivity index (χ0v) is 17.2. The van der Waals surface area contributed by atoms with Gasteiger partial charge in [-0.3, -0.25) is 29.6 Å². The van der Waals surface area contributed by atoms with E-state index >= 15 is 0 Å². The predicted molar refractivity (Wildman–Crippen MR) is 122 cm³/mol. The molecule has 0 saturated carbocycles. The Hall–Kier alpha value is -4.41. The summed E-state index contributed by atoms with van der Waals surface area (Å²) in [4.78, 5) is 46.5. The van der Waals surface area contributed by atoms with Gasteiger partial charge in [0.25, 0.3) is 5.91 Å². The molecule has 4 rings (SSSR count). The van der Waals surface area contributed by atoms with Crippen molar-refractivity contribution >= 4 is 50.9 Å². The summed E-state index contributed by atoms with van der Waals surface area (Å²) in [5, 5.41) is 15.7. The van der Waals surface area contributed by atoms with Crippen molar-refractivity contribution in [2.75, 3.05) is 10.6 Å². The fourth-order valence-electron chi connectivity index (χ4n) is 3.39. The van der Waals surface area contributed by atoms with Crippen molar-refractivity contribution < 1.29 is 19.6 Å². The molecule has 0 aliphatic heterocycles. The number of benzene rings is 2. The SMILES string of the molecule is NC(C(=O)NO)C(C(=O)Nc1cnc2ccccc2c1)C(=O)Nc1cnc2ccccc2c1. The number of nitrogens with one attached hydrogen (secondary N) is 3. The van der Waals surface area contributed by atoms with Gasteiger partial charge in [0.2, 0.25) is 11.8 Å². The van der Waals surface area contributed by atoms with Crippen LogP contribution in [0.5, 0.6) is 0 Å². The van der Waals surface area contributed by atoms with Gasteiger partial charge >= 0.3 is 0 Å². The molecule has 6 N–H and O–H groups in total. The molecule has 0 bridgehead atoms. The van der Waals surface area contributed by atoms with Crippen LogP contribution in [0.2, 0.25) is 0 Å². The molecular formula is C23H20N6O4. The first-order chi connectivity index (χ1) is 16.0. The van der Waals surface area contributed by atoms with Gasteiger partial charge in [0, 0.05) is 10.8 Å². The van der Waals surface area contributed by atoms with Crippen LogP contribution < -0.4 is 21.8 Å². The van der Waals surface area contributed by atoms with Gasteiger partial charge in [-0.05, 0) is 24.3 Å². The molecule has 0 saturated heterocycles. The van der Waals surface area contributed by atoms with Crippen LogP contribution in [0.15, 0.2) is 73.1 Å². The van der Waals surface area contributed by atoms with Crippen LogP contribution in [0.4, 0.5) is 11.4 Å². The van der Waals surface area contributed by atoms with Gasteiger partial charge in [-0.2, -0.15) is 0 Å². The summed E-state index contributed by atoms with van der Waals surface area (Å²) in [5.74, 6) is -4.42. The second-order valence-corrected chi connectivity index (χ2v) is 7.29. The minimum absolute atomic E-state index is 0.320. The highest BCUT2D eigenvalue weighted by molar-refractivity contribution is 6.14. The lowest BCUT2D eigenvalue weighted by molar-refractivity contribution is -0.139. The molecule has 2 heterocycles. The average Bonchev–Trinajstić information content (AvgIpc) is 2.83. The van der Waals surface area contributed by atoms with Crippen molar-refractivity contribution in [2.45, 2.75) is 6.04 Å². The molecule has 0 aliphatic rings. The van der Waals surface area contributed by atoms with Crippen LogP contribution in [0, 0.1) is 5.92 Å². The third kappa shape index (κ3) is 4.76. The van der Waals surface area contributed by atoms with E-state index in [-0.39, 0.29) is 0 Å². The normalized spacial score (nSPS) is 11.8. The Morgan fingerprint density at radius 1 is 0.758 bits per heavy atom. The largest absolute Gasteiger partial charge is 0.324 e. The van der Waals surface area contributed by atoms with Gasteiger partial charge in [0.1, 0.15) is 12.0 Å². The molecule has 0 spiro atoms. The van der Waals surface area contributed by atoms with Crippen molar-refractivity contribution in [3.05, 3.63) is 73.1 Å². The van der Waals surface area contributed by atoms with E-state index in [0.717, 1.165) is 21.8 Å². The topological polar surface area (TPSA) is 159 Å². The molecule has 2 aromatic heterocycles. The quantitative estimate of drug-likeness (QED) is 0.172. The monoisotopic (exact) mass is 444 g/mol. The van der Waals surface area contributed by atoms with Crippen LogP contribution in [0.1, 0.15) is 0 Å². The molecule has 33 heavy (non-hydrogen) atoms. The fraction of sp³-hybridized carbons (Fsp3) is 0.0870. The lowest BCUT2D eigenvalue weighted by atomic mass is 9.97. The molecule has 10 heteroatoms. The van der Waals surface area contributed by atoms with E-state index in [2.05, 4.69) is 20.6 Å². The molecule has 1 atom stereocenters. The summed E-state index contributed by atoms with van der Waals surface area (Å²) in [6.45, 7) is 0. The van der Waals surface area contributed by atoms with Gasteiger partial charge in [0.05, 0.1) is 34.8 Å². The number of hydrogen-bond donors (Lipinski definition) is 5. The molecule has 1 unspecified atom stereocenters. The molecule has 10 nitrogen and oxygen atoms in total. The molecule has 3 amide bonds. The Balaban J connectivity index is 1.59. The van der Waals surface area contributed by atoms with Crippen molar-refractivity contribution in [3.8, 4) is 0 Å². The maximum atomic E-state index is 13.0. The summed E-state index contributed by atoms with van der Waals surface area (Å²) in [7, 11) is 0. The fourth-order valence-corrected chi connectivity index (χ4v) is 3.39. The second-order valence-electron chi connectivity index (χ2n) is 7.29. The minimum Gasteiger partial charge on any atom is -0.324 e. The molecule has 0 radical (unpaired) electrons. The second kappa shape index (κ2) is 9.39. The lowest BCUT2D eigenvalue weighted by Gasteiger charge is -2.21. The first-order valence-corrected chi connectivity index (χ1v) is 9.97. The van der Waals surface area contributed by atoms with Crippen molar-refractivity contribution in [1.82, 2.24) is 15.4 Å². The number of para-hydroxylation sites is 2. The Morgan fingerprint density at radius 2 is 1.21 bits per heavy atom. The van der Waals surface area contributed by atoms with Crippen molar-refractivity contribution in [2.24, 2.45) is 11.7 Å². The molecule has 4 aromatic rings. The van der Waals surface area contributed by atoms with E-state index in [4.69, 9.17) is 10.9 Å². The summed E-state index contributed by atoms with van der Waals surface area (Å²) in [6, 6.07) is 16.3. The highest BCUT2D eigenvalue weighted by Crippen LogP contribution is 2.20. The van der Waals surface area contributed by atoms with Crippen LogP contribution in [-0.2, 0) is 14.4 Å². The Morgan fingerprint density at radius 3 is 1.67 bits per heavy atom. The van der Waals surface area contributed by atoms with Gasteiger partial charge in [-0.1, -0.05) is 36.4 Å². The number of rotatable bonds is 6. The first kappa shape index (κ1) is 21.8. The zero-order chi connectivity index (χ0) is 23.4. The van der Waals surface area contributed by atoms with E-state index in [1.807, 2.05) is 48.5 Å². The Kier molecular flexibility index (Phi) is 6.20. The number of pyridine rings is 2. The van der Waals surface area contributed by atoms with Gasteiger partial charge in [-0.15, -0.1) is 0 Å². The van der Waals surface area contributed by atoms with Crippen LogP contribution in [0.25, 0.3) is 21.8 Å². The summed E-state index contributed by atoms with van der Waals surface area (Å²) < 4.78 is 0. The molecule has 0 aliphatic carbocycles. The number of anilines is 2. The number of carbonyl (C=O) groups excluding carboxylic acids is 3. The third-order valence-corrected chi connectivity index (χ3v) is 5.05. The van der Waals surface area contributed by atoms with E-state index in [9.17, 15) is 14.4 Å². The first-order valence-electron chi connectivity index (χ1n) is 9.97. The highest BCUT2D eigenvalue weighted by atomic mass is 16.5. The van der Waals surface area contributed by atoms with E-state index in [1.165, 1.54) is 17.9 Å². The summed E-state index contributed by atoms with van der Waals surface area (Å²) in [6.07, 6.45) is 2.86. The van der Waals surface area contributed by atoms with Gasteiger partial charge in [-0.25, -0.2) is 5.48 Å². The average molecular weight is 444 g/mol. The maximum absolute atomic E-state index is 13.0. The van der Waals surface area contributed by atoms with Crippen LogP contribution in [-0.4, -0.2) is 38.9 Å². The number of nitrogens with two attached hydrogens (primary N) is 1. The Bertz CT molecular complexity index is 1270. The maximum Gasteiger partial charge on any atom is 0.261 e. The number of hydrogen-bond acceptors (Lipinski definition) is 7. The van der Waals surface area contributed by atoms with Gasteiger partial charge in [0.15, 0.2) is 0 Å². The summed E-state index contributed by atoms with van der Waals surface area (Å²) >= 11 is 0. The van der Waals surface area contributed by atoms with E-state index < -0.39 is 29.7 Å². The lowest BCUT2D eigenvalue weighted by Crippen LogP contribution is -2.53. The number of nitrogens with zero attached hydrogens (tertiary/aromatic N) is 2. The van der Waals surface area contributed by atoms with Crippen LogP contribution in [0.3, 0.4) is 0 Å². The predicted octanol–water partition coefficient (Wildman–Crippen LogP) is 1.81. The summed E-state index contributed by atoms with van der Waals surface area (Å²) in [5.41, 5.74) is 9.31. The third-order valence-electron chi connectivity index (χ3n) is 5.05. The molecule has 0 fully saturated rings. The van der Waals surface area contributed by atoms with Crippen molar-refractivity contribution in [1.29, 1.82) is 0 Å². The number of amides is 3. The van der Waals surface area contributed by atoms with Crippen LogP contribution >= 0.6 is 0 Å². The van der Waals surface area contributed by atoms with Crippen molar-refractivity contribution in [3.63, 3.8) is 0 Å². The number of hydroxylamine groups is 1. The van der Waals surface area contributed by atoms with E-state index in [1.54, 1.807) is 12.1 Å². The molecule has 2 aromatic carbocycles. The smallest absolute Gasteiger partial charge is 0.261 e. The minimum atomic E-state index is -1.66. The number of carbonyl (C=O) groups is 3. The zero-order valence-electron chi connectivity index (χ0n) is 17.2.